The van der Waals surface area contributed by atoms with E-state index in [0.29, 0.717) is 11.4 Å². The van der Waals surface area contributed by atoms with E-state index in [4.69, 9.17) is 15.8 Å². The SMILES string of the molecule is O=S(=O)(Cc1ccccc1)OCCc1ccc(Cl)cc1. The molecule has 0 saturated carbocycles. The summed E-state index contributed by atoms with van der Waals surface area (Å²) in [5, 5.41) is 0.659. The molecule has 0 unspecified atom stereocenters. The molecule has 3 nitrogen and oxygen atoms in total. The lowest BCUT2D eigenvalue weighted by molar-refractivity contribution is 0.321. The van der Waals surface area contributed by atoms with Gasteiger partial charge in [-0.1, -0.05) is 54.1 Å². The summed E-state index contributed by atoms with van der Waals surface area (Å²) >= 11 is 5.78. The van der Waals surface area contributed by atoms with E-state index < -0.39 is 10.1 Å². The maximum absolute atomic E-state index is 11.8. The van der Waals surface area contributed by atoms with Crippen LogP contribution in [0.4, 0.5) is 0 Å². The van der Waals surface area contributed by atoms with Gasteiger partial charge < -0.3 is 0 Å². The molecule has 2 rings (SSSR count). The van der Waals surface area contributed by atoms with Crippen LogP contribution in [0, 0.1) is 0 Å². The average molecular weight is 311 g/mol. The third-order valence-electron chi connectivity index (χ3n) is 2.75. The molecule has 106 valence electrons. The van der Waals surface area contributed by atoms with E-state index in [2.05, 4.69) is 0 Å². The van der Waals surface area contributed by atoms with Crippen molar-refractivity contribution in [2.45, 2.75) is 12.2 Å². The first-order valence-electron chi connectivity index (χ1n) is 6.21. The van der Waals surface area contributed by atoms with Gasteiger partial charge in [0.05, 0.1) is 6.61 Å². The van der Waals surface area contributed by atoms with E-state index in [9.17, 15) is 8.42 Å². The van der Waals surface area contributed by atoms with Gasteiger partial charge >= 0.3 is 0 Å². The zero-order valence-corrected chi connectivity index (χ0v) is 12.4. The van der Waals surface area contributed by atoms with Crippen molar-refractivity contribution in [3.05, 3.63) is 70.7 Å². The smallest absolute Gasteiger partial charge is 0.270 e. The highest BCUT2D eigenvalue weighted by molar-refractivity contribution is 7.85. The molecule has 2 aromatic carbocycles. The summed E-state index contributed by atoms with van der Waals surface area (Å²) in [4.78, 5) is 0. The van der Waals surface area contributed by atoms with Gasteiger partial charge in [-0.3, -0.25) is 4.18 Å². The summed E-state index contributed by atoms with van der Waals surface area (Å²) in [5.41, 5.74) is 1.71. The van der Waals surface area contributed by atoms with Gasteiger partial charge in [-0.2, -0.15) is 8.42 Å². The molecule has 0 aliphatic carbocycles. The standard InChI is InChI=1S/C15H15ClO3S/c16-15-8-6-13(7-9-15)10-11-19-20(17,18)12-14-4-2-1-3-5-14/h1-9H,10-12H2. The molecule has 0 aliphatic rings. The normalized spacial score (nSPS) is 11.4. The lowest BCUT2D eigenvalue weighted by Crippen LogP contribution is -2.11. The first-order chi connectivity index (χ1) is 9.55. The maximum atomic E-state index is 11.8. The zero-order chi connectivity index (χ0) is 14.4. The van der Waals surface area contributed by atoms with Crippen LogP contribution in [0.15, 0.2) is 54.6 Å². The molecule has 0 spiro atoms. The molecule has 0 N–H and O–H groups in total. The fraction of sp³-hybridized carbons (Fsp3) is 0.200. The molecular weight excluding hydrogens is 296 g/mol. The Morgan fingerprint density at radius 1 is 0.900 bits per heavy atom. The van der Waals surface area contributed by atoms with Gasteiger partial charge in [0.2, 0.25) is 0 Å². The molecule has 0 radical (unpaired) electrons. The zero-order valence-electron chi connectivity index (χ0n) is 10.8. The lowest BCUT2D eigenvalue weighted by atomic mass is 10.2. The van der Waals surface area contributed by atoms with Crippen molar-refractivity contribution in [3.8, 4) is 0 Å². The van der Waals surface area contributed by atoms with Gasteiger partial charge in [-0.15, -0.1) is 0 Å². The van der Waals surface area contributed by atoms with E-state index in [1.165, 1.54) is 0 Å². The predicted molar refractivity (Wildman–Crippen MR) is 80.2 cm³/mol. The second-order valence-electron chi connectivity index (χ2n) is 4.39. The Morgan fingerprint density at radius 3 is 2.20 bits per heavy atom. The number of rotatable bonds is 6. The summed E-state index contributed by atoms with van der Waals surface area (Å²) in [7, 11) is -3.54. The minimum atomic E-state index is -3.54. The van der Waals surface area contributed by atoms with Crippen molar-refractivity contribution < 1.29 is 12.6 Å². The van der Waals surface area contributed by atoms with Crippen molar-refractivity contribution >= 4 is 21.7 Å². The molecule has 0 atom stereocenters. The van der Waals surface area contributed by atoms with Crippen molar-refractivity contribution in [2.24, 2.45) is 0 Å². The van der Waals surface area contributed by atoms with Crippen LogP contribution in [0.3, 0.4) is 0 Å². The van der Waals surface area contributed by atoms with Gasteiger partial charge in [-0.05, 0) is 29.7 Å². The van der Waals surface area contributed by atoms with Gasteiger partial charge in [0.1, 0.15) is 5.75 Å². The van der Waals surface area contributed by atoms with Crippen molar-refractivity contribution in [3.63, 3.8) is 0 Å². The van der Waals surface area contributed by atoms with Crippen LogP contribution in [-0.2, 0) is 26.5 Å². The molecule has 0 heterocycles. The monoisotopic (exact) mass is 310 g/mol. The molecular formula is C15H15ClO3S. The molecule has 2 aromatic rings. The predicted octanol–water partition coefficient (Wildman–Crippen LogP) is 3.43. The van der Waals surface area contributed by atoms with E-state index in [-0.39, 0.29) is 12.4 Å². The largest absolute Gasteiger partial charge is 0.271 e. The van der Waals surface area contributed by atoms with E-state index in [1.54, 1.807) is 36.4 Å². The van der Waals surface area contributed by atoms with Crippen LogP contribution in [0.2, 0.25) is 5.02 Å². The molecule has 0 aliphatic heterocycles. The van der Waals surface area contributed by atoms with Gasteiger partial charge in [0.25, 0.3) is 10.1 Å². The van der Waals surface area contributed by atoms with Crippen LogP contribution >= 0.6 is 11.6 Å². The van der Waals surface area contributed by atoms with Crippen LogP contribution in [0.25, 0.3) is 0 Å². The number of hydrogen-bond donors (Lipinski definition) is 0. The number of benzene rings is 2. The highest BCUT2D eigenvalue weighted by Crippen LogP contribution is 2.11. The van der Waals surface area contributed by atoms with Gasteiger partial charge in [0.15, 0.2) is 0 Å². The summed E-state index contributed by atoms with van der Waals surface area (Å²) in [6.45, 7) is 0.136. The molecule has 0 aromatic heterocycles. The van der Waals surface area contributed by atoms with Gasteiger partial charge in [-0.25, -0.2) is 0 Å². The molecule has 5 heteroatoms. The molecule has 20 heavy (non-hydrogen) atoms. The highest BCUT2D eigenvalue weighted by atomic mass is 35.5. The van der Waals surface area contributed by atoms with Crippen molar-refractivity contribution in [1.29, 1.82) is 0 Å². The minimum Gasteiger partial charge on any atom is -0.270 e. The van der Waals surface area contributed by atoms with Crippen LogP contribution in [0.5, 0.6) is 0 Å². The molecule has 0 amide bonds. The summed E-state index contributed by atoms with van der Waals surface area (Å²) in [5.74, 6) is -0.103. The molecule has 0 bridgehead atoms. The Morgan fingerprint density at radius 2 is 1.55 bits per heavy atom. The Bertz CT molecular complexity index is 637. The van der Waals surface area contributed by atoms with Crippen LogP contribution < -0.4 is 0 Å². The average Bonchev–Trinajstić information content (AvgIpc) is 2.41. The Balaban J connectivity index is 1.85. The minimum absolute atomic E-state index is 0.103. The summed E-state index contributed by atoms with van der Waals surface area (Å²) in [6.07, 6.45) is 0.533. The first kappa shape index (κ1) is 15.0. The van der Waals surface area contributed by atoms with E-state index in [0.717, 1.165) is 11.1 Å². The maximum Gasteiger partial charge on any atom is 0.271 e. The van der Waals surface area contributed by atoms with Crippen LogP contribution in [-0.4, -0.2) is 15.0 Å². The molecule has 0 fully saturated rings. The Hall–Kier alpha value is -1.36. The second kappa shape index (κ2) is 6.88. The first-order valence-corrected chi connectivity index (χ1v) is 8.16. The fourth-order valence-electron chi connectivity index (χ4n) is 1.76. The Labute approximate surface area is 124 Å². The Kier molecular flexibility index (Phi) is 5.17. The van der Waals surface area contributed by atoms with E-state index >= 15 is 0 Å². The summed E-state index contributed by atoms with van der Waals surface area (Å²) in [6, 6.07) is 16.2. The van der Waals surface area contributed by atoms with Crippen molar-refractivity contribution in [1.82, 2.24) is 0 Å². The second-order valence-corrected chi connectivity index (χ2v) is 6.46. The highest BCUT2D eigenvalue weighted by Gasteiger charge is 2.12. The fourth-order valence-corrected chi connectivity index (χ4v) is 2.90. The number of hydrogen-bond acceptors (Lipinski definition) is 3. The van der Waals surface area contributed by atoms with Crippen LogP contribution in [0.1, 0.15) is 11.1 Å². The van der Waals surface area contributed by atoms with Crippen molar-refractivity contribution in [2.75, 3.05) is 6.61 Å². The number of halogens is 1. The summed E-state index contributed by atoms with van der Waals surface area (Å²) < 4.78 is 28.6. The molecule has 0 saturated heterocycles. The quantitative estimate of drug-likeness (QED) is 0.768. The van der Waals surface area contributed by atoms with E-state index in [1.807, 2.05) is 18.2 Å². The third-order valence-corrected chi connectivity index (χ3v) is 4.22. The third kappa shape index (κ3) is 4.96. The topological polar surface area (TPSA) is 43.4 Å². The van der Waals surface area contributed by atoms with Gasteiger partial charge in [0, 0.05) is 5.02 Å². The lowest BCUT2D eigenvalue weighted by Gasteiger charge is -2.06.